The van der Waals surface area contributed by atoms with Gasteiger partial charge in [-0.05, 0) is 37.9 Å². The zero-order valence-corrected chi connectivity index (χ0v) is 13.8. The van der Waals surface area contributed by atoms with Gasteiger partial charge in [0.1, 0.15) is 5.82 Å². The van der Waals surface area contributed by atoms with Crippen LogP contribution in [0.3, 0.4) is 0 Å². The van der Waals surface area contributed by atoms with Crippen LogP contribution in [0.2, 0.25) is 0 Å². The maximum absolute atomic E-state index is 13.3. The first-order chi connectivity index (χ1) is 11.7. The quantitative estimate of drug-likeness (QED) is 0.827. The van der Waals surface area contributed by atoms with E-state index in [4.69, 9.17) is 0 Å². The molecule has 25 heavy (non-hydrogen) atoms. The highest BCUT2D eigenvalue weighted by Gasteiger charge is 2.34. The molecule has 7 heteroatoms. The molecule has 3 nitrogen and oxygen atoms in total. The predicted molar refractivity (Wildman–Crippen MR) is 86.6 cm³/mol. The molecular weight excluding hydrogens is 336 g/mol. The van der Waals surface area contributed by atoms with Crippen LogP contribution in [-0.4, -0.2) is 31.4 Å². The summed E-state index contributed by atoms with van der Waals surface area (Å²) in [5.74, 6) is -2.09. The molecule has 0 aliphatic carbocycles. The Bertz CT molecular complexity index is 730. The van der Waals surface area contributed by atoms with Crippen molar-refractivity contribution >= 4 is 5.91 Å². The van der Waals surface area contributed by atoms with Crippen molar-refractivity contribution in [3.8, 4) is 0 Å². The fourth-order valence-electron chi connectivity index (χ4n) is 2.45. The minimum Gasteiger partial charge on any atom is -0.350 e. The third-order valence-corrected chi connectivity index (χ3v) is 3.80. The predicted octanol–water partition coefficient (Wildman–Crippen LogP) is 3.88. The molecule has 0 aliphatic rings. The van der Waals surface area contributed by atoms with Crippen molar-refractivity contribution in [3.63, 3.8) is 0 Å². The third-order valence-electron chi connectivity index (χ3n) is 3.80. The number of amides is 1. The Balaban J connectivity index is 2.14. The third kappa shape index (κ3) is 4.79. The standard InChI is InChI=1S/C18H18F4N2O/c1-24(2)16(12-6-4-3-5-7-12)11-23-17(25)13-8-9-15(19)14(10-13)18(20,21)22/h3-10,16H,11H2,1-2H3,(H,23,25). The molecule has 1 atom stereocenters. The first-order valence-electron chi connectivity index (χ1n) is 7.56. The van der Waals surface area contributed by atoms with Gasteiger partial charge in [0.2, 0.25) is 0 Å². The minimum atomic E-state index is -4.85. The zero-order valence-electron chi connectivity index (χ0n) is 13.8. The van der Waals surface area contributed by atoms with Crippen molar-refractivity contribution in [3.05, 3.63) is 71.0 Å². The second-order valence-electron chi connectivity index (χ2n) is 5.79. The summed E-state index contributed by atoms with van der Waals surface area (Å²) < 4.78 is 51.6. The average Bonchev–Trinajstić information content (AvgIpc) is 2.55. The number of halogens is 4. The molecule has 0 bridgehead atoms. The Hall–Kier alpha value is -2.41. The summed E-state index contributed by atoms with van der Waals surface area (Å²) in [4.78, 5) is 14.1. The summed E-state index contributed by atoms with van der Waals surface area (Å²) in [6.07, 6.45) is -4.85. The van der Waals surface area contributed by atoms with Crippen LogP contribution in [0.4, 0.5) is 17.6 Å². The fourth-order valence-corrected chi connectivity index (χ4v) is 2.45. The first-order valence-corrected chi connectivity index (χ1v) is 7.56. The molecule has 2 aromatic carbocycles. The van der Waals surface area contributed by atoms with Crippen LogP contribution < -0.4 is 5.32 Å². The monoisotopic (exact) mass is 354 g/mol. The Labute approximate surface area is 143 Å². The van der Waals surface area contributed by atoms with Crippen LogP contribution in [-0.2, 0) is 6.18 Å². The summed E-state index contributed by atoms with van der Waals surface area (Å²) in [5.41, 5.74) is -0.727. The summed E-state index contributed by atoms with van der Waals surface area (Å²) >= 11 is 0. The second kappa shape index (κ2) is 7.65. The highest BCUT2D eigenvalue weighted by Crippen LogP contribution is 2.31. The minimum absolute atomic E-state index is 0.146. The summed E-state index contributed by atoms with van der Waals surface area (Å²) in [7, 11) is 3.67. The number of nitrogens with zero attached hydrogens (tertiary/aromatic N) is 1. The van der Waals surface area contributed by atoms with Crippen molar-refractivity contribution in [2.24, 2.45) is 0 Å². The largest absolute Gasteiger partial charge is 0.419 e. The van der Waals surface area contributed by atoms with Crippen LogP contribution in [0.25, 0.3) is 0 Å². The molecule has 1 unspecified atom stereocenters. The topological polar surface area (TPSA) is 32.3 Å². The lowest BCUT2D eigenvalue weighted by Crippen LogP contribution is -2.34. The average molecular weight is 354 g/mol. The summed E-state index contributed by atoms with van der Waals surface area (Å²) in [6, 6.07) is 11.5. The van der Waals surface area contributed by atoms with Gasteiger partial charge in [-0.2, -0.15) is 13.2 Å². The lowest BCUT2D eigenvalue weighted by Gasteiger charge is -2.25. The molecule has 0 aromatic heterocycles. The van der Waals surface area contributed by atoms with Gasteiger partial charge in [-0.25, -0.2) is 4.39 Å². The number of carbonyl (C=O) groups is 1. The molecule has 0 saturated heterocycles. The molecule has 0 spiro atoms. The van der Waals surface area contributed by atoms with Gasteiger partial charge in [0.05, 0.1) is 11.6 Å². The number of benzene rings is 2. The Morgan fingerprint density at radius 3 is 2.32 bits per heavy atom. The van der Waals surface area contributed by atoms with E-state index in [-0.39, 0.29) is 18.2 Å². The Kier molecular flexibility index (Phi) is 5.79. The zero-order chi connectivity index (χ0) is 18.6. The van der Waals surface area contributed by atoms with Crippen molar-refractivity contribution in [1.82, 2.24) is 10.2 Å². The van der Waals surface area contributed by atoms with Gasteiger partial charge >= 0.3 is 6.18 Å². The molecule has 0 radical (unpaired) electrons. The van der Waals surface area contributed by atoms with E-state index in [1.165, 1.54) is 0 Å². The van der Waals surface area contributed by atoms with E-state index in [1.54, 1.807) is 0 Å². The summed E-state index contributed by atoms with van der Waals surface area (Å²) in [5, 5.41) is 2.61. The Morgan fingerprint density at radius 2 is 1.76 bits per heavy atom. The van der Waals surface area contributed by atoms with E-state index >= 15 is 0 Å². The molecule has 0 aliphatic heterocycles. The van der Waals surface area contributed by atoms with Gasteiger partial charge in [-0.3, -0.25) is 4.79 Å². The van der Waals surface area contributed by atoms with Crippen molar-refractivity contribution in [2.75, 3.05) is 20.6 Å². The molecule has 0 saturated carbocycles. The van der Waals surface area contributed by atoms with Crippen molar-refractivity contribution in [2.45, 2.75) is 12.2 Å². The van der Waals surface area contributed by atoms with Crippen LogP contribution >= 0.6 is 0 Å². The normalized spacial score (nSPS) is 12.9. The fraction of sp³-hybridized carbons (Fsp3) is 0.278. The molecule has 1 N–H and O–H groups in total. The number of hydrogen-bond acceptors (Lipinski definition) is 2. The molecule has 1 amide bonds. The van der Waals surface area contributed by atoms with Gasteiger partial charge in [-0.15, -0.1) is 0 Å². The van der Waals surface area contributed by atoms with Crippen LogP contribution in [0, 0.1) is 5.82 Å². The van der Waals surface area contributed by atoms with Gasteiger partial charge in [-0.1, -0.05) is 30.3 Å². The van der Waals surface area contributed by atoms with Gasteiger partial charge in [0.25, 0.3) is 5.91 Å². The Morgan fingerprint density at radius 1 is 1.12 bits per heavy atom. The number of carbonyl (C=O) groups excluding carboxylic acids is 1. The van der Waals surface area contributed by atoms with E-state index in [0.29, 0.717) is 12.1 Å². The number of rotatable bonds is 5. The molecule has 0 fully saturated rings. The number of alkyl halides is 3. The second-order valence-corrected chi connectivity index (χ2v) is 5.79. The molecule has 2 aromatic rings. The maximum atomic E-state index is 13.3. The maximum Gasteiger partial charge on any atom is 0.419 e. The molecule has 2 rings (SSSR count). The lowest BCUT2D eigenvalue weighted by atomic mass is 10.1. The highest BCUT2D eigenvalue weighted by atomic mass is 19.4. The number of hydrogen-bond donors (Lipinski definition) is 1. The van der Waals surface area contributed by atoms with Crippen LogP contribution in [0.1, 0.15) is 27.5 Å². The van der Waals surface area contributed by atoms with Gasteiger partial charge in [0.15, 0.2) is 0 Å². The van der Waals surface area contributed by atoms with Gasteiger partial charge < -0.3 is 10.2 Å². The molecular formula is C18H18F4N2O. The van der Waals surface area contributed by atoms with Gasteiger partial charge in [0, 0.05) is 12.1 Å². The van der Waals surface area contributed by atoms with Crippen LogP contribution in [0.15, 0.2) is 48.5 Å². The smallest absolute Gasteiger partial charge is 0.350 e. The highest BCUT2D eigenvalue weighted by molar-refractivity contribution is 5.94. The van der Waals surface area contributed by atoms with Crippen molar-refractivity contribution in [1.29, 1.82) is 0 Å². The van der Waals surface area contributed by atoms with E-state index in [0.717, 1.165) is 11.6 Å². The van der Waals surface area contributed by atoms with E-state index in [9.17, 15) is 22.4 Å². The molecule has 134 valence electrons. The van der Waals surface area contributed by atoms with E-state index < -0.39 is 23.5 Å². The van der Waals surface area contributed by atoms with Crippen LogP contribution in [0.5, 0.6) is 0 Å². The lowest BCUT2D eigenvalue weighted by molar-refractivity contribution is -0.140. The molecule has 0 heterocycles. The SMILES string of the molecule is CN(C)C(CNC(=O)c1ccc(F)c(C(F)(F)F)c1)c1ccccc1. The van der Waals surface area contributed by atoms with Crippen molar-refractivity contribution < 1.29 is 22.4 Å². The number of nitrogens with one attached hydrogen (secondary N) is 1. The first kappa shape index (κ1) is 18.9. The summed E-state index contributed by atoms with van der Waals surface area (Å²) in [6.45, 7) is 0.203. The van der Waals surface area contributed by atoms with E-state index in [2.05, 4.69) is 5.32 Å². The number of likely N-dealkylation sites (N-methyl/N-ethyl adjacent to an activating group) is 1. The van der Waals surface area contributed by atoms with E-state index in [1.807, 2.05) is 49.3 Å².